The van der Waals surface area contributed by atoms with Crippen LogP contribution in [0.4, 0.5) is 4.79 Å². The Hall–Kier alpha value is -2.34. The highest BCUT2D eigenvalue weighted by Crippen LogP contribution is 2.48. The molecule has 4 atom stereocenters. The number of amides is 2. The summed E-state index contributed by atoms with van der Waals surface area (Å²) in [5.41, 5.74) is 2.04. The van der Waals surface area contributed by atoms with E-state index in [2.05, 4.69) is 15.6 Å². The predicted molar refractivity (Wildman–Crippen MR) is 94.1 cm³/mol. The summed E-state index contributed by atoms with van der Waals surface area (Å²) in [5.74, 6) is 1.30. The van der Waals surface area contributed by atoms with Crippen LogP contribution in [0.2, 0.25) is 0 Å². The number of urea groups is 1. The summed E-state index contributed by atoms with van der Waals surface area (Å²) >= 11 is 0. The van der Waals surface area contributed by atoms with Crippen molar-refractivity contribution in [3.63, 3.8) is 0 Å². The van der Waals surface area contributed by atoms with Crippen LogP contribution in [0.15, 0.2) is 43.0 Å². The topological polar surface area (TPSA) is 79.2 Å². The van der Waals surface area contributed by atoms with Crippen molar-refractivity contribution in [2.24, 2.45) is 17.8 Å². The molecule has 0 radical (unpaired) electrons. The van der Waals surface area contributed by atoms with Gasteiger partial charge in [-0.3, -0.25) is 0 Å². The van der Waals surface area contributed by atoms with Gasteiger partial charge >= 0.3 is 6.03 Å². The SMILES string of the molecule is O=C(NCc1ccccc1-n1ccnc1)NC1C2CCC(C2)C1CO. The van der Waals surface area contributed by atoms with Crippen LogP contribution in [0.5, 0.6) is 0 Å². The Labute approximate surface area is 147 Å². The first-order chi connectivity index (χ1) is 12.3. The molecular formula is C19H24N4O2. The molecule has 1 aromatic carbocycles. The maximum Gasteiger partial charge on any atom is 0.315 e. The third kappa shape index (κ3) is 3.14. The van der Waals surface area contributed by atoms with Gasteiger partial charge in [-0.25, -0.2) is 9.78 Å². The average molecular weight is 340 g/mol. The highest BCUT2D eigenvalue weighted by molar-refractivity contribution is 5.74. The Morgan fingerprint density at radius 2 is 2.12 bits per heavy atom. The van der Waals surface area contributed by atoms with Crippen LogP contribution in [-0.2, 0) is 6.54 Å². The van der Waals surface area contributed by atoms with Gasteiger partial charge in [-0.05, 0) is 42.7 Å². The van der Waals surface area contributed by atoms with Gasteiger partial charge in [-0.15, -0.1) is 0 Å². The molecule has 0 spiro atoms. The van der Waals surface area contributed by atoms with E-state index in [4.69, 9.17) is 0 Å². The third-order valence-electron chi connectivity index (χ3n) is 5.81. The number of rotatable bonds is 5. The van der Waals surface area contributed by atoms with Gasteiger partial charge < -0.3 is 20.3 Å². The molecule has 2 saturated carbocycles. The molecular weight excluding hydrogens is 316 g/mol. The lowest BCUT2D eigenvalue weighted by Gasteiger charge is -2.30. The van der Waals surface area contributed by atoms with Gasteiger partial charge in [0.15, 0.2) is 0 Å². The van der Waals surface area contributed by atoms with Gasteiger partial charge in [0.25, 0.3) is 0 Å². The van der Waals surface area contributed by atoms with Crippen molar-refractivity contribution in [1.82, 2.24) is 20.2 Å². The van der Waals surface area contributed by atoms with E-state index in [1.807, 2.05) is 35.0 Å². The predicted octanol–water partition coefficient (Wildman–Crippen LogP) is 2.08. The maximum absolute atomic E-state index is 12.4. The molecule has 132 valence electrons. The second-order valence-corrected chi connectivity index (χ2v) is 7.13. The van der Waals surface area contributed by atoms with Crippen molar-refractivity contribution in [2.75, 3.05) is 6.61 Å². The second-order valence-electron chi connectivity index (χ2n) is 7.13. The van der Waals surface area contributed by atoms with E-state index in [0.717, 1.165) is 24.1 Å². The van der Waals surface area contributed by atoms with Crippen LogP contribution >= 0.6 is 0 Å². The van der Waals surface area contributed by atoms with E-state index in [0.29, 0.717) is 18.4 Å². The lowest BCUT2D eigenvalue weighted by atomic mass is 9.85. The molecule has 2 aliphatic carbocycles. The van der Waals surface area contributed by atoms with Gasteiger partial charge in [-0.1, -0.05) is 18.2 Å². The van der Waals surface area contributed by atoms with Crippen LogP contribution in [-0.4, -0.2) is 33.3 Å². The number of hydrogen-bond acceptors (Lipinski definition) is 3. The number of aliphatic hydroxyl groups excluding tert-OH is 1. The Bertz CT molecular complexity index is 731. The number of fused-ring (bicyclic) bond motifs is 2. The first-order valence-electron chi connectivity index (χ1n) is 8.97. The normalized spacial score (nSPS) is 27.4. The van der Waals surface area contributed by atoms with E-state index in [1.165, 1.54) is 6.42 Å². The quantitative estimate of drug-likeness (QED) is 0.780. The Balaban J connectivity index is 1.38. The zero-order chi connectivity index (χ0) is 17.2. The van der Waals surface area contributed by atoms with E-state index >= 15 is 0 Å². The molecule has 25 heavy (non-hydrogen) atoms. The average Bonchev–Trinajstić information content (AvgIpc) is 3.37. The minimum atomic E-state index is -0.156. The molecule has 6 nitrogen and oxygen atoms in total. The minimum Gasteiger partial charge on any atom is -0.396 e. The van der Waals surface area contributed by atoms with Gasteiger partial charge in [0.05, 0.1) is 12.0 Å². The Kier molecular flexibility index (Phi) is 4.44. The molecule has 1 heterocycles. The number of hydrogen-bond donors (Lipinski definition) is 3. The van der Waals surface area contributed by atoms with Crippen LogP contribution in [0.25, 0.3) is 5.69 Å². The summed E-state index contributed by atoms with van der Waals surface area (Å²) in [4.78, 5) is 16.5. The highest BCUT2D eigenvalue weighted by Gasteiger charge is 2.47. The number of imidazole rings is 1. The smallest absolute Gasteiger partial charge is 0.315 e. The van der Waals surface area contributed by atoms with Gasteiger partial charge in [0.1, 0.15) is 0 Å². The van der Waals surface area contributed by atoms with E-state index < -0.39 is 0 Å². The fourth-order valence-corrected chi connectivity index (χ4v) is 4.59. The molecule has 1 aromatic heterocycles. The molecule has 2 fully saturated rings. The first-order valence-corrected chi connectivity index (χ1v) is 8.97. The number of nitrogens with zero attached hydrogens (tertiary/aromatic N) is 2. The van der Waals surface area contributed by atoms with Crippen LogP contribution < -0.4 is 10.6 Å². The second kappa shape index (κ2) is 6.88. The number of carbonyl (C=O) groups is 1. The summed E-state index contributed by atoms with van der Waals surface area (Å²) < 4.78 is 1.94. The number of aromatic nitrogens is 2. The number of benzene rings is 1. The number of aliphatic hydroxyl groups is 1. The molecule has 4 unspecified atom stereocenters. The molecule has 2 aliphatic rings. The van der Waals surface area contributed by atoms with Crippen LogP contribution in [0.1, 0.15) is 24.8 Å². The summed E-state index contributed by atoms with van der Waals surface area (Å²) in [5, 5.41) is 15.7. The fraction of sp³-hybridized carbons (Fsp3) is 0.474. The summed E-state index contributed by atoms with van der Waals surface area (Å²) in [6, 6.07) is 7.90. The molecule has 4 rings (SSSR count). The maximum atomic E-state index is 12.4. The van der Waals surface area contributed by atoms with Crippen molar-refractivity contribution in [1.29, 1.82) is 0 Å². The van der Waals surface area contributed by atoms with Crippen molar-refractivity contribution < 1.29 is 9.90 Å². The number of nitrogens with one attached hydrogen (secondary N) is 2. The van der Waals surface area contributed by atoms with Gasteiger partial charge in [0.2, 0.25) is 0 Å². The van der Waals surface area contributed by atoms with Crippen molar-refractivity contribution in [3.05, 3.63) is 48.5 Å². The minimum absolute atomic E-state index is 0.104. The standard InChI is InChI=1S/C19H24N4O2/c24-11-16-13-5-6-14(9-13)18(16)22-19(25)21-10-15-3-1-2-4-17(15)23-8-7-20-12-23/h1-4,7-8,12-14,16,18,24H,5-6,9-11H2,(H2,21,22,25). The third-order valence-corrected chi connectivity index (χ3v) is 5.81. The zero-order valence-electron chi connectivity index (χ0n) is 14.1. The molecule has 6 heteroatoms. The zero-order valence-corrected chi connectivity index (χ0v) is 14.1. The van der Waals surface area contributed by atoms with Gasteiger partial charge in [0, 0.05) is 37.5 Å². The lowest BCUT2D eigenvalue weighted by Crippen LogP contribution is -2.48. The summed E-state index contributed by atoms with van der Waals surface area (Å²) in [6.45, 7) is 0.611. The highest BCUT2D eigenvalue weighted by atomic mass is 16.3. The molecule has 0 aliphatic heterocycles. The van der Waals surface area contributed by atoms with E-state index in [9.17, 15) is 9.90 Å². The van der Waals surface area contributed by atoms with Crippen molar-refractivity contribution in [2.45, 2.75) is 31.8 Å². The van der Waals surface area contributed by atoms with E-state index in [-0.39, 0.29) is 24.6 Å². The van der Waals surface area contributed by atoms with Crippen molar-refractivity contribution in [3.8, 4) is 5.69 Å². The summed E-state index contributed by atoms with van der Waals surface area (Å²) in [6.07, 6.45) is 8.87. The Morgan fingerprint density at radius 3 is 2.92 bits per heavy atom. The molecule has 2 bridgehead atoms. The Morgan fingerprint density at radius 1 is 1.28 bits per heavy atom. The number of para-hydroxylation sites is 1. The molecule has 3 N–H and O–H groups in total. The van der Waals surface area contributed by atoms with E-state index in [1.54, 1.807) is 12.5 Å². The summed E-state index contributed by atoms with van der Waals surface area (Å²) in [7, 11) is 0. The van der Waals surface area contributed by atoms with Gasteiger partial charge in [-0.2, -0.15) is 0 Å². The monoisotopic (exact) mass is 340 g/mol. The van der Waals surface area contributed by atoms with Crippen LogP contribution in [0, 0.1) is 17.8 Å². The molecule has 0 saturated heterocycles. The molecule has 2 aromatic rings. The van der Waals surface area contributed by atoms with Crippen molar-refractivity contribution >= 4 is 6.03 Å². The largest absolute Gasteiger partial charge is 0.396 e. The van der Waals surface area contributed by atoms with Crippen LogP contribution in [0.3, 0.4) is 0 Å². The lowest BCUT2D eigenvalue weighted by molar-refractivity contribution is 0.144. The fourth-order valence-electron chi connectivity index (χ4n) is 4.59. The molecule has 2 amide bonds. The number of carbonyl (C=O) groups excluding carboxylic acids is 1. The first kappa shape index (κ1) is 16.1.